The number of carbonyl (C=O) groups is 2. The molecule has 0 heterocycles. The average molecular weight is 389 g/mol. The molecule has 0 aliphatic heterocycles. The fourth-order valence-electron chi connectivity index (χ4n) is 2.38. The van der Waals surface area contributed by atoms with E-state index in [1.165, 1.54) is 43.1 Å². The summed E-state index contributed by atoms with van der Waals surface area (Å²) in [6.07, 6.45) is 17.0. The Morgan fingerprint density at radius 2 is 1.18 bits per heavy atom. The molecule has 0 N–H and O–H groups in total. The van der Waals surface area contributed by atoms with Crippen molar-refractivity contribution in [3.63, 3.8) is 0 Å². The van der Waals surface area contributed by atoms with Crippen LogP contribution in [-0.2, 0) is 19.1 Å². The zero-order chi connectivity index (χ0) is 21.4. The highest BCUT2D eigenvalue weighted by Crippen LogP contribution is 2.14. The standard InChI is InChI=1S/C24H36O4/c1-19(2)10-7-11-20(3)12-8-13-21(4)14-9-15-24(18-28-23(6)26)16-17-27-22(5)25/h10,12,14,16-18H,7-9,11,13,15H2,1-6H3/b17-16+,20-12+,21-14+,24-18+. The molecule has 0 aromatic heterocycles. The van der Waals surface area contributed by atoms with Crippen LogP contribution in [0, 0.1) is 0 Å². The molecule has 0 aliphatic carbocycles. The first-order chi connectivity index (χ1) is 13.2. The van der Waals surface area contributed by atoms with E-state index in [1.54, 1.807) is 6.08 Å². The summed E-state index contributed by atoms with van der Waals surface area (Å²) >= 11 is 0. The van der Waals surface area contributed by atoms with Gasteiger partial charge in [0.05, 0.1) is 12.5 Å². The lowest BCUT2D eigenvalue weighted by molar-refractivity contribution is -0.136. The highest BCUT2D eigenvalue weighted by molar-refractivity contribution is 5.67. The number of hydrogen-bond donors (Lipinski definition) is 0. The minimum Gasteiger partial charge on any atom is -0.435 e. The molecule has 0 aliphatic rings. The normalized spacial score (nSPS) is 12.9. The van der Waals surface area contributed by atoms with Crippen molar-refractivity contribution < 1.29 is 19.1 Å². The Bertz CT molecular complexity index is 642. The number of rotatable bonds is 12. The van der Waals surface area contributed by atoms with Crippen molar-refractivity contribution in [2.24, 2.45) is 0 Å². The van der Waals surface area contributed by atoms with Gasteiger partial charge >= 0.3 is 11.9 Å². The second kappa shape index (κ2) is 15.7. The molecular weight excluding hydrogens is 352 g/mol. The quantitative estimate of drug-likeness (QED) is 0.161. The van der Waals surface area contributed by atoms with Crippen LogP contribution in [0.3, 0.4) is 0 Å². The van der Waals surface area contributed by atoms with Crippen molar-refractivity contribution in [3.8, 4) is 0 Å². The molecule has 0 unspecified atom stereocenters. The van der Waals surface area contributed by atoms with Crippen molar-refractivity contribution in [2.75, 3.05) is 0 Å². The fourth-order valence-corrected chi connectivity index (χ4v) is 2.38. The second-order valence-electron chi connectivity index (χ2n) is 7.21. The molecule has 0 spiro atoms. The molecule has 0 rings (SSSR count). The third-order valence-electron chi connectivity index (χ3n) is 3.94. The first kappa shape index (κ1) is 25.6. The van der Waals surface area contributed by atoms with E-state index in [-0.39, 0.29) is 11.9 Å². The number of carbonyl (C=O) groups excluding carboxylic acids is 2. The van der Waals surface area contributed by atoms with Gasteiger partial charge in [-0.1, -0.05) is 34.9 Å². The van der Waals surface area contributed by atoms with Crippen LogP contribution in [0.1, 0.15) is 80.1 Å². The van der Waals surface area contributed by atoms with Gasteiger partial charge in [-0.25, -0.2) is 0 Å². The van der Waals surface area contributed by atoms with E-state index in [0.717, 1.165) is 37.7 Å². The molecule has 0 atom stereocenters. The fraction of sp³-hybridized carbons (Fsp3) is 0.500. The molecule has 0 radical (unpaired) electrons. The Morgan fingerprint density at radius 1 is 0.679 bits per heavy atom. The Balaban J connectivity index is 4.46. The summed E-state index contributed by atoms with van der Waals surface area (Å²) < 4.78 is 9.73. The van der Waals surface area contributed by atoms with Gasteiger partial charge in [-0.3, -0.25) is 9.59 Å². The van der Waals surface area contributed by atoms with Gasteiger partial charge in [0, 0.05) is 13.8 Å². The van der Waals surface area contributed by atoms with E-state index >= 15 is 0 Å². The zero-order valence-corrected chi connectivity index (χ0v) is 18.3. The maximum absolute atomic E-state index is 11.0. The van der Waals surface area contributed by atoms with Gasteiger partial charge in [0.15, 0.2) is 0 Å². The molecule has 0 fully saturated rings. The third-order valence-corrected chi connectivity index (χ3v) is 3.94. The monoisotopic (exact) mass is 388 g/mol. The van der Waals surface area contributed by atoms with E-state index in [2.05, 4.69) is 45.9 Å². The number of esters is 2. The summed E-state index contributed by atoms with van der Waals surface area (Å²) in [6, 6.07) is 0. The maximum Gasteiger partial charge on any atom is 0.307 e. The van der Waals surface area contributed by atoms with E-state index in [0.29, 0.717) is 6.42 Å². The molecule has 4 nitrogen and oxygen atoms in total. The van der Waals surface area contributed by atoms with E-state index < -0.39 is 0 Å². The predicted molar refractivity (Wildman–Crippen MR) is 115 cm³/mol. The lowest BCUT2D eigenvalue weighted by atomic mass is 10.0. The average Bonchev–Trinajstić information content (AvgIpc) is 2.58. The minimum absolute atomic E-state index is 0.378. The van der Waals surface area contributed by atoms with Gasteiger partial charge < -0.3 is 9.47 Å². The van der Waals surface area contributed by atoms with Crippen LogP contribution >= 0.6 is 0 Å². The SMILES string of the molecule is CC(=O)O/C=C/C(=C/OC(C)=O)CC/C=C(\C)CC/C=C(\C)CCC=C(C)C. The molecule has 0 amide bonds. The van der Waals surface area contributed by atoms with Crippen LogP contribution in [0.4, 0.5) is 0 Å². The molecule has 0 bridgehead atoms. The summed E-state index contributed by atoms with van der Waals surface area (Å²) in [5, 5.41) is 0. The van der Waals surface area contributed by atoms with Gasteiger partial charge in [0.2, 0.25) is 0 Å². The van der Waals surface area contributed by atoms with Crippen molar-refractivity contribution in [2.45, 2.75) is 80.1 Å². The number of allylic oxidation sites excluding steroid dienone is 8. The van der Waals surface area contributed by atoms with Crippen LogP contribution in [0.5, 0.6) is 0 Å². The lowest BCUT2D eigenvalue weighted by Crippen LogP contribution is -1.93. The summed E-state index contributed by atoms with van der Waals surface area (Å²) in [5.41, 5.74) is 4.93. The van der Waals surface area contributed by atoms with E-state index in [4.69, 9.17) is 9.47 Å². The highest BCUT2D eigenvalue weighted by atomic mass is 16.5. The zero-order valence-electron chi connectivity index (χ0n) is 18.3. The van der Waals surface area contributed by atoms with Gasteiger partial charge in [-0.2, -0.15) is 0 Å². The van der Waals surface area contributed by atoms with E-state index in [1.807, 2.05) is 0 Å². The predicted octanol–water partition coefficient (Wildman–Crippen LogP) is 6.71. The van der Waals surface area contributed by atoms with Crippen molar-refractivity contribution in [3.05, 3.63) is 59.1 Å². The number of ether oxygens (including phenoxy) is 2. The summed E-state index contributed by atoms with van der Waals surface area (Å²) in [4.78, 5) is 21.8. The Morgan fingerprint density at radius 3 is 1.68 bits per heavy atom. The molecule has 4 heteroatoms. The maximum atomic E-state index is 11.0. The molecule has 0 saturated carbocycles. The minimum atomic E-state index is -0.386. The highest BCUT2D eigenvalue weighted by Gasteiger charge is 1.98. The molecule has 28 heavy (non-hydrogen) atoms. The Labute approximate surface area is 170 Å². The smallest absolute Gasteiger partial charge is 0.307 e. The lowest BCUT2D eigenvalue weighted by Gasteiger charge is -2.03. The van der Waals surface area contributed by atoms with Gasteiger partial charge in [-0.15, -0.1) is 0 Å². The summed E-state index contributed by atoms with van der Waals surface area (Å²) in [6.45, 7) is 11.3. The van der Waals surface area contributed by atoms with Crippen molar-refractivity contribution in [1.82, 2.24) is 0 Å². The van der Waals surface area contributed by atoms with Gasteiger partial charge in [0.1, 0.15) is 0 Å². The van der Waals surface area contributed by atoms with Crippen LogP contribution in [0.2, 0.25) is 0 Å². The molecule has 0 aromatic rings. The Kier molecular flexibility index (Phi) is 14.4. The van der Waals surface area contributed by atoms with Crippen LogP contribution in [0.15, 0.2) is 59.1 Å². The topological polar surface area (TPSA) is 52.6 Å². The van der Waals surface area contributed by atoms with Crippen molar-refractivity contribution >= 4 is 11.9 Å². The van der Waals surface area contributed by atoms with E-state index in [9.17, 15) is 9.59 Å². The summed E-state index contributed by atoms with van der Waals surface area (Å²) in [7, 11) is 0. The molecule has 156 valence electrons. The number of hydrogen-bond acceptors (Lipinski definition) is 4. The third kappa shape index (κ3) is 17.1. The Hall–Kier alpha value is -2.36. The molecule has 0 saturated heterocycles. The van der Waals surface area contributed by atoms with Crippen LogP contribution in [0.25, 0.3) is 0 Å². The van der Waals surface area contributed by atoms with Gasteiger partial charge in [-0.05, 0) is 77.9 Å². The first-order valence-corrected chi connectivity index (χ1v) is 9.85. The largest absolute Gasteiger partial charge is 0.435 e. The van der Waals surface area contributed by atoms with Crippen LogP contribution in [-0.4, -0.2) is 11.9 Å². The molecular formula is C24H36O4. The van der Waals surface area contributed by atoms with Crippen LogP contribution < -0.4 is 0 Å². The van der Waals surface area contributed by atoms with Gasteiger partial charge in [0.25, 0.3) is 0 Å². The second-order valence-corrected chi connectivity index (χ2v) is 7.21. The van der Waals surface area contributed by atoms with Crippen molar-refractivity contribution in [1.29, 1.82) is 0 Å². The molecule has 0 aromatic carbocycles. The first-order valence-electron chi connectivity index (χ1n) is 9.85. The summed E-state index contributed by atoms with van der Waals surface area (Å²) in [5.74, 6) is -0.764.